The van der Waals surface area contributed by atoms with E-state index in [1.807, 2.05) is 18.2 Å². The maximum Gasteiger partial charge on any atom is 0.223 e. The van der Waals surface area contributed by atoms with E-state index in [2.05, 4.69) is 30.1 Å². The Morgan fingerprint density at radius 3 is 2.67 bits per heavy atom. The Hall–Kier alpha value is -1.06. The highest BCUT2D eigenvalue weighted by atomic mass is 35.5. The van der Waals surface area contributed by atoms with E-state index < -0.39 is 0 Å². The second-order valence-corrected chi connectivity index (χ2v) is 6.37. The lowest BCUT2D eigenvalue weighted by atomic mass is 9.95. The Morgan fingerprint density at radius 1 is 1.38 bits per heavy atom. The molecule has 1 amide bonds. The van der Waals surface area contributed by atoms with Gasteiger partial charge in [0.05, 0.1) is 0 Å². The summed E-state index contributed by atoms with van der Waals surface area (Å²) in [5.41, 5.74) is 1.17. The highest BCUT2D eigenvalue weighted by molar-refractivity contribution is 6.31. The van der Waals surface area contributed by atoms with Crippen LogP contribution in [0.25, 0.3) is 0 Å². The van der Waals surface area contributed by atoms with Crippen LogP contribution in [0.15, 0.2) is 24.3 Å². The number of likely N-dealkylation sites (tertiary alicyclic amines) is 1. The van der Waals surface area contributed by atoms with Crippen molar-refractivity contribution in [3.05, 3.63) is 34.9 Å². The van der Waals surface area contributed by atoms with Gasteiger partial charge < -0.3 is 5.32 Å². The molecular formula is C17H25ClN2O. The molecular weight excluding hydrogens is 284 g/mol. The van der Waals surface area contributed by atoms with Gasteiger partial charge in [0.2, 0.25) is 5.91 Å². The molecule has 1 aromatic carbocycles. The molecule has 0 aliphatic carbocycles. The van der Waals surface area contributed by atoms with E-state index in [1.54, 1.807) is 0 Å². The van der Waals surface area contributed by atoms with Crippen molar-refractivity contribution in [1.82, 2.24) is 10.2 Å². The first-order chi connectivity index (χ1) is 10.1. The molecule has 0 aromatic heterocycles. The van der Waals surface area contributed by atoms with E-state index in [-0.39, 0.29) is 17.9 Å². The largest absolute Gasteiger partial charge is 0.353 e. The maximum atomic E-state index is 12.1. The van der Waals surface area contributed by atoms with Crippen molar-refractivity contribution in [2.75, 3.05) is 13.1 Å². The van der Waals surface area contributed by atoms with Gasteiger partial charge in [0.1, 0.15) is 0 Å². The summed E-state index contributed by atoms with van der Waals surface area (Å²) in [6.45, 7) is 6.95. The van der Waals surface area contributed by atoms with Crippen LogP contribution in [0.5, 0.6) is 0 Å². The number of carbonyl (C=O) groups is 1. The van der Waals surface area contributed by atoms with Crippen molar-refractivity contribution in [1.29, 1.82) is 0 Å². The number of rotatable bonds is 5. The second kappa shape index (κ2) is 7.81. The van der Waals surface area contributed by atoms with Crippen molar-refractivity contribution in [2.45, 2.75) is 45.7 Å². The lowest BCUT2D eigenvalue weighted by Gasteiger charge is -2.32. The SMILES string of the molecule is CC[C@@H](C)NC(=O)C1CCN(Cc2ccccc2Cl)CC1. The van der Waals surface area contributed by atoms with E-state index in [0.717, 1.165) is 43.9 Å². The van der Waals surface area contributed by atoms with Crippen LogP contribution in [0, 0.1) is 5.92 Å². The monoisotopic (exact) mass is 308 g/mol. The molecule has 0 saturated carbocycles. The zero-order valence-corrected chi connectivity index (χ0v) is 13.7. The molecule has 0 radical (unpaired) electrons. The number of halogens is 1. The van der Waals surface area contributed by atoms with Gasteiger partial charge in [-0.15, -0.1) is 0 Å². The second-order valence-electron chi connectivity index (χ2n) is 5.96. The summed E-state index contributed by atoms with van der Waals surface area (Å²) in [7, 11) is 0. The lowest BCUT2D eigenvalue weighted by Crippen LogP contribution is -2.42. The van der Waals surface area contributed by atoms with Crippen LogP contribution in [0.4, 0.5) is 0 Å². The van der Waals surface area contributed by atoms with E-state index in [0.29, 0.717) is 0 Å². The average molecular weight is 309 g/mol. The van der Waals surface area contributed by atoms with Gasteiger partial charge in [-0.3, -0.25) is 9.69 Å². The Morgan fingerprint density at radius 2 is 2.05 bits per heavy atom. The summed E-state index contributed by atoms with van der Waals surface area (Å²) < 4.78 is 0. The molecule has 1 atom stereocenters. The van der Waals surface area contributed by atoms with Gasteiger partial charge in [-0.2, -0.15) is 0 Å². The van der Waals surface area contributed by atoms with Crippen molar-refractivity contribution in [2.24, 2.45) is 5.92 Å². The molecule has 1 aromatic rings. The third-order valence-electron chi connectivity index (χ3n) is 4.31. The first-order valence-corrected chi connectivity index (χ1v) is 8.24. The fourth-order valence-electron chi connectivity index (χ4n) is 2.68. The summed E-state index contributed by atoms with van der Waals surface area (Å²) in [6, 6.07) is 8.26. The normalized spacial score (nSPS) is 18.4. The molecule has 3 nitrogen and oxygen atoms in total. The molecule has 0 unspecified atom stereocenters. The summed E-state index contributed by atoms with van der Waals surface area (Å²) >= 11 is 6.21. The molecule has 4 heteroatoms. The van der Waals surface area contributed by atoms with Gasteiger partial charge in [0.25, 0.3) is 0 Å². The van der Waals surface area contributed by atoms with Crippen LogP contribution in [-0.4, -0.2) is 29.9 Å². The van der Waals surface area contributed by atoms with Crippen LogP contribution in [0.1, 0.15) is 38.7 Å². The fourth-order valence-corrected chi connectivity index (χ4v) is 2.88. The van der Waals surface area contributed by atoms with Crippen molar-refractivity contribution in [3.63, 3.8) is 0 Å². The molecule has 1 saturated heterocycles. The zero-order valence-electron chi connectivity index (χ0n) is 12.9. The molecule has 1 aliphatic rings. The number of nitrogens with one attached hydrogen (secondary N) is 1. The standard InChI is InChI=1S/C17H25ClN2O/c1-3-13(2)19-17(21)14-8-10-20(11-9-14)12-15-6-4-5-7-16(15)18/h4-7,13-14H,3,8-12H2,1-2H3,(H,19,21)/t13-/m1/s1. The Bertz CT molecular complexity index is 470. The molecule has 1 N–H and O–H groups in total. The van der Waals surface area contributed by atoms with Crippen LogP contribution in [0.2, 0.25) is 5.02 Å². The van der Waals surface area contributed by atoms with Crippen LogP contribution >= 0.6 is 11.6 Å². The van der Waals surface area contributed by atoms with Crippen LogP contribution in [-0.2, 0) is 11.3 Å². The van der Waals surface area contributed by atoms with Gasteiger partial charge in [-0.25, -0.2) is 0 Å². The minimum atomic E-state index is 0.168. The smallest absolute Gasteiger partial charge is 0.223 e. The predicted octanol–water partition coefficient (Wildman–Crippen LogP) is 3.47. The molecule has 1 heterocycles. The summed E-state index contributed by atoms with van der Waals surface area (Å²) in [5.74, 6) is 0.392. The summed E-state index contributed by atoms with van der Waals surface area (Å²) in [5, 5.41) is 3.92. The molecule has 2 rings (SSSR count). The van der Waals surface area contributed by atoms with E-state index in [1.165, 1.54) is 5.56 Å². The highest BCUT2D eigenvalue weighted by Crippen LogP contribution is 2.22. The van der Waals surface area contributed by atoms with Crippen molar-refractivity contribution in [3.8, 4) is 0 Å². The average Bonchev–Trinajstić information content (AvgIpc) is 2.50. The van der Waals surface area contributed by atoms with Crippen molar-refractivity contribution < 1.29 is 4.79 Å². The van der Waals surface area contributed by atoms with Gasteiger partial charge in [-0.05, 0) is 50.9 Å². The quantitative estimate of drug-likeness (QED) is 0.903. The first kappa shape index (κ1) is 16.3. The maximum absolute atomic E-state index is 12.1. The molecule has 0 spiro atoms. The Balaban J connectivity index is 1.81. The third-order valence-corrected chi connectivity index (χ3v) is 4.68. The van der Waals surface area contributed by atoms with Crippen molar-refractivity contribution >= 4 is 17.5 Å². The molecule has 21 heavy (non-hydrogen) atoms. The molecule has 1 aliphatic heterocycles. The number of piperidine rings is 1. The minimum Gasteiger partial charge on any atom is -0.353 e. The van der Waals surface area contributed by atoms with Gasteiger partial charge in [0.15, 0.2) is 0 Å². The van der Waals surface area contributed by atoms with Crippen LogP contribution < -0.4 is 5.32 Å². The van der Waals surface area contributed by atoms with Gasteiger partial charge in [0, 0.05) is 23.5 Å². The summed E-state index contributed by atoms with van der Waals surface area (Å²) in [6.07, 6.45) is 2.86. The lowest BCUT2D eigenvalue weighted by molar-refractivity contribution is -0.127. The van der Waals surface area contributed by atoms with E-state index in [4.69, 9.17) is 11.6 Å². The Kier molecular flexibility index (Phi) is 6.07. The van der Waals surface area contributed by atoms with E-state index >= 15 is 0 Å². The van der Waals surface area contributed by atoms with Crippen LogP contribution in [0.3, 0.4) is 0 Å². The molecule has 1 fully saturated rings. The van der Waals surface area contributed by atoms with Gasteiger partial charge in [-0.1, -0.05) is 36.7 Å². The zero-order chi connectivity index (χ0) is 15.2. The number of hydrogen-bond donors (Lipinski definition) is 1. The van der Waals surface area contributed by atoms with Gasteiger partial charge >= 0.3 is 0 Å². The predicted molar refractivity (Wildman–Crippen MR) is 87.3 cm³/mol. The summed E-state index contributed by atoms with van der Waals surface area (Å²) in [4.78, 5) is 14.5. The number of benzene rings is 1. The van der Waals surface area contributed by atoms with E-state index in [9.17, 15) is 4.79 Å². The number of hydrogen-bond acceptors (Lipinski definition) is 2. The molecule has 0 bridgehead atoms. The number of carbonyl (C=O) groups excluding carboxylic acids is 1. The Labute approximate surface area is 132 Å². The number of nitrogens with zero attached hydrogens (tertiary/aromatic N) is 1. The minimum absolute atomic E-state index is 0.168. The topological polar surface area (TPSA) is 32.3 Å². The number of amides is 1. The third kappa shape index (κ3) is 4.72. The highest BCUT2D eigenvalue weighted by Gasteiger charge is 2.25. The molecule has 116 valence electrons. The fraction of sp³-hybridized carbons (Fsp3) is 0.588. The first-order valence-electron chi connectivity index (χ1n) is 7.86.